The van der Waals surface area contributed by atoms with Crippen LogP contribution in [0.3, 0.4) is 0 Å². The first-order valence-corrected chi connectivity index (χ1v) is 7.76. The summed E-state index contributed by atoms with van der Waals surface area (Å²) in [5.41, 5.74) is 2.52. The summed E-state index contributed by atoms with van der Waals surface area (Å²) in [7, 11) is 1.69. The van der Waals surface area contributed by atoms with Crippen LogP contribution < -0.4 is 10.1 Å². The Hall–Kier alpha value is -1.55. The fourth-order valence-electron chi connectivity index (χ4n) is 3.97. The largest absolute Gasteiger partial charge is 0.497 e. The lowest BCUT2D eigenvalue weighted by molar-refractivity contribution is -0.149. The molecule has 3 rings (SSSR count). The average Bonchev–Trinajstić information content (AvgIpc) is 2.91. The van der Waals surface area contributed by atoms with Gasteiger partial charge >= 0.3 is 5.97 Å². The molecule has 0 radical (unpaired) electrons. The Morgan fingerprint density at radius 3 is 3.10 bits per heavy atom. The van der Waals surface area contributed by atoms with Gasteiger partial charge in [0.2, 0.25) is 0 Å². The number of aryl methyl sites for hydroxylation is 1. The van der Waals surface area contributed by atoms with Gasteiger partial charge in [-0.2, -0.15) is 0 Å². The smallest absolute Gasteiger partial charge is 0.311 e. The van der Waals surface area contributed by atoms with Gasteiger partial charge in [-0.1, -0.05) is 6.07 Å². The fourth-order valence-corrected chi connectivity index (χ4v) is 3.97. The number of nitrogens with one attached hydrogen (secondary N) is 1. The number of ether oxygens (including phenoxy) is 2. The third kappa shape index (κ3) is 2.31. The minimum atomic E-state index is -0.105. The summed E-state index contributed by atoms with van der Waals surface area (Å²) >= 11 is 0. The first-order chi connectivity index (χ1) is 10.2. The molecule has 1 aromatic carbocycles. The molecule has 0 aromatic heterocycles. The standard InChI is InChI=1S/C17H23NO3/c1-3-21-16(19)15-10-18-11-17(15)8-4-5-12-9-13(20-2)6-7-14(12)17/h6-7,9,15,18H,3-5,8,10-11H2,1-2H3. The molecule has 0 amide bonds. The van der Waals surface area contributed by atoms with Crippen LogP contribution in [0.1, 0.15) is 30.9 Å². The van der Waals surface area contributed by atoms with Crippen molar-refractivity contribution in [2.24, 2.45) is 5.92 Å². The number of hydrogen-bond acceptors (Lipinski definition) is 4. The van der Waals surface area contributed by atoms with Crippen molar-refractivity contribution in [3.8, 4) is 5.75 Å². The van der Waals surface area contributed by atoms with E-state index in [9.17, 15) is 4.79 Å². The quantitative estimate of drug-likeness (QED) is 0.865. The molecule has 1 N–H and O–H groups in total. The van der Waals surface area contributed by atoms with Crippen molar-refractivity contribution >= 4 is 5.97 Å². The molecule has 1 heterocycles. The summed E-state index contributed by atoms with van der Waals surface area (Å²) in [4.78, 5) is 12.4. The van der Waals surface area contributed by atoms with Crippen molar-refractivity contribution in [2.75, 3.05) is 26.8 Å². The van der Waals surface area contributed by atoms with Crippen molar-refractivity contribution in [3.63, 3.8) is 0 Å². The van der Waals surface area contributed by atoms with E-state index in [1.807, 2.05) is 13.0 Å². The molecule has 4 heteroatoms. The van der Waals surface area contributed by atoms with Gasteiger partial charge in [0.25, 0.3) is 0 Å². The average molecular weight is 289 g/mol. The number of esters is 1. The maximum Gasteiger partial charge on any atom is 0.311 e. The molecule has 114 valence electrons. The first kappa shape index (κ1) is 14.4. The number of carbonyl (C=O) groups is 1. The van der Waals surface area contributed by atoms with Crippen molar-refractivity contribution in [1.29, 1.82) is 0 Å². The molecule has 2 atom stereocenters. The second-order valence-corrected chi connectivity index (χ2v) is 5.97. The van der Waals surface area contributed by atoms with E-state index >= 15 is 0 Å². The molecule has 0 bridgehead atoms. The molecule has 21 heavy (non-hydrogen) atoms. The molecule has 0 saturated carbocycles. The highest BCUT2D eigenvalue weighted by atomic mass is 16.5. The second kappa shape index (κ2) is 5.68. The highest BCUT2D eigenvalue weighted by Gasteiger charge is 2.50. The molecule has 1 fully saturated rings. The number of hydrogen-bond donors (Lipinski definition) is 1. The first-order valence-electron chi connectivity index (χ1n) is 7.76. The van der Waals surface area contributed by atoms with Gasteiger partial charge in [-0.25, -0.2) is 0 Å². The van der Waals surface area contributed by atoms with Crippen LogP contribution in [0.25, 0.3) is 0 Å². The fraction of sp³-hybridized carbons (Fsp3) is 0.588. The predicted octanol–water partition coefficient (Wildman–Crippen LogP) is 2.05. The summed E-state index contributed by atoms with van der Waals surface area (Å²) in [5, 5.41) is 3.41. The van der Waals surface area contributed by atoms with Gasteiger partial charge in [0.05, 0.1) is 19.6 Å². The summed E-state index contributed by atoms with van der Waals surface area (Å²) in [6, 6.07) is 6.27. The number of methoxy groups -OCH3 is 1. The monoisotopic (exact) mass is 289 g/mol. The van der Waals surface area contributed by atoms with E-state index in [0.717, 1.165) is 31.6 Å². The lowest BCUT2D eigenvalue weighted by Gasteiger charge is -2.39. The zero-order chi connectivity index (χ0) is 14.9. The zero-order valence-electron chi connectivity index (χ0n) is 12.8. The van der Waals surface area contributed by atoms with Gasteiger partial charge < -0.3 is 14.8 Å². The third-order valence-corrected chi connectivity index (χ3v) is 4.94. The highest BCUT2D eigenvalue weighted by Crippen LogP contribution is 2.46. The van der Waals surface area contributed by atoms with Crippen LogP contribution >= 0.6 is 0 Å². The maximum atomic E-state index is 12.4. The molecule has 1 aliphatic heterocycles. The van der Waals surface area contributed by atoms with E-state index in [0.29, 0.717) is 13.2 Å². The van der Waals surface area contributed by atoms with Crippen LogP contribution in [-0.2, 0) is 21.4 Å². The molecular formula is C17H23NO3. The van der Waals surface area contributed by atoms with Gasteiger partial charge in [-0.05, 0) is 49.4 Å². The number of carbonyl (C=O) groups excluding carboxylic acids is 1. The van der Waals surface area contributed by atoms with E-state index in [1.165, 1.54) is 11.1 Å². The van der Waals surface area contributed by atoms with Crippen molar-refractivity contribution < 1.29 is 14.3 Å². The van der Waals surface area contributed by atoms with Crippen LogP contribution in [0.4, 0.5) is 0 Å². The van der Waals surface area contributed by atoms with Gasteiger partial charge in [0.15, 0.2) is 0 Å². The molecular weight excluding hydrogens is 266 g/mol. The SMILES string of the molecule is CCOC(=O)C1CNCC12CCCc1cc(OC)ccc12. The van der Waals surface area contributed by atoms with Crippen molar-refractivity contribution in [3.05, 3.63) is 29.3 Å². The Morgan fingerprint density at radius 2 is 2.33 bits per heavy atom. The minimum Gasteiger partial charge on any atom is -0.497 e. The Morgan fingerprint density at radius 1 is 1.48 bits per heavy atom. The summed E-state index contributed by atoms with van der Waals surface area (Å²) in [6.07, 6.45) is 3.21. The van der Waals surface area contributed by atoms with Gasteiger partial charge in [0, 0.05) is 18.5 Å². The Bertz CT molecular complexity index is 543. The van der Waals surface area contributed by atoms with Crippen LogP contribution in [-0.4, -0.2) is 32.8 Å². The van der Waals surface area contributed by atoms with E-state index in [1.54, 1.807) is 7.11 Å². The molecule has 1 aromatic rings. The number of benzene rings is 1. The Labute approximate surface area is 125 Å². The number of rotatable bonds is 3. The summed E-state index contributed by atoms with van der Waals surface area (Å²) in [6.45, 7) is 3.88. The Balaban J connectivity index is 2.00. The van der Waals surface area contributed by atoms with Crippen LogP contribution in [0.15, 0.2) is 18.2 Å². The molecule has 4 nitrogen and oxygen atoms in total. The van der Waals surface area contributed by atoms with Gasteiger partial charge in [-0.15, -0.1) is 0 Å². The molecule has 2 unspecified atom stereocenters. The van der Waals surface area contributed by atoms with E-state index in [-0.39, 0.29) is 17.3 Å². The molecule has 1 saturated heterocycles. The van der Waals surface area contributed by atoms with Crippen LogP contribution in [0.2, 0.25) is 0 Å². The van der Waals surface area contributed by atoms with E-state index < -0.39 is 0 Å². The van der Waals surface area contributed by atoms with Crippen molar-refractivity contribution in [1.82, 2.24) is 5.32 Å². The Kier molecular flexibility index (Phi) is 3.89. The zero-order valence-corrected chi connectivity index (χ0v) is 12.8. The number of fused-ring (bicyclic) bond motifs is 2. The second-order valence-electron chi connectivity index (χ2n) is 5.97. The minimum absolute atomic E-state index is 0.0637. The molecule has 1 aliphatic carbocycles. The van der Waals surface area contributed by atoms with Crippen LogP contribution in [0.5, 0.6) is 5.75 Å². The topological polar surface area (TPSA) is 47.6 Å². The normalized spacial score (nSPS) is 27.4. The molecule has 1 spiro atoms. The van der Waals surface area contributed by atoms with E-state index in [2.05, 4.69) is 17.4 Å². The maximum absolute atomic E-state index is 12.4. The predicted molar refractivity (Wildman–Crippen MR) is 80.6 cm³/mol. The highest BCUT2D eigenvalue weighted by molar-refractivity contribution is 5.76. The van der Waals surface area contributed by atoms with Crippen molar-refractivity contribution in [2.45, 2.75) is 31.6 Å². The lowest BCUT2D eigenvalue weighted by Crippen LogP contribution is -2.42. The third-order valence-electron chi connectivity index (χ3n) is 4.94. The van der Waals surface area contributed by atoms with E-state index in [4.69, 9.17) is 9.47 Å². The summed E-state index contributed by atoms with van der Waals surface area (Å²) in [5.74, 6) is 0.750. The van der Waals surface area contributed by atoms with Gasteiger partial charge in [0.1, 0.15) is 5.75 Å². The van der Waals surface area contributed by atoms with Crippen LogP contribution in [0, 0.1) is 5.92 Å². The summed E-state index contributed by atoms with van der Waals surface area (Å²) < 4.78 is 10.6. The van der Waals surface area contributed by atoms with Gasteiger partial charge in [-0.3, -0.25) is 4.79 Å². The lowest BCUT2D eigenvalue weighted by atomic mass is 9.64. The molecule has 2 aliphatic rings.